The molecule has 2 aromatic rings. The van der Waals surface area contributed by atoms with Crippen LogP contribution in [0.2, 0.25) is 0 Å². The van der Waals surface area contributed by atoms with Gasteiger partial charge in [0.2, 0.25) is 0 Å². The number of amides is 1. The van der Waals surface area contributed by atoms with E-state index in [1.807, 2.05) is 13.0 Å². The Kier molecular flexibility index (Phi) is 6.63. The molecule has 0 aliphatic heterocycles. The van der Waals surface area contributed by atoms with Crippen LogP contribution in [0.1, 0.15) is 12.5 Å². The van der Waals surface area contributed by atoms with Crippen LogP contribution in [0.5, 0.6) is 17.2 Å². The molecule has 0 aliphatic carbocycles. The largest absolute Gasteiger partial charge is 0.497 e. The molecule has 0 aromatic heterocycles. The van der Waals surface area contributed by atoms with Gasteiger partial charge >= 0.3 is 0 Å². The van der Waals surface area contributed by atoms with E-state index in [-0.39, 0.29) is 5.57 Å². The van der Waals surface area contributed by atoms with Gasteiger partial charge in [-0.05, 0) is 43.3 Å². The number of nitrogens with zero attached hydrogens (tertiary/aromatic N) is 1. The van der Waals surface area contributed by atoms with Crippen LogP contribution in [0.4, 0.5) is 5.69 Å². The monoisotopic (exact) mass is 352 g/mol. The van der Waals surface area contributed by atoms with Gasteiger partial charge in [-0.25, -0.2) is 0 Å². The maximum atomic E-state index is 12.4. The van der Waals surface area contributed by atoms with Crippen LogP contribution in [0, 0.1) is 11.3 Å². The summed E-state index contributed by atoms with van der Waals surface area (Å²) >= 11 is 0. The highest BCUT2D eigenvalue weighted by Gasteiger charge is 2.13. The minimum Gasteiger partial charge on any atom is -0.497 e. The van der Waals surface area contributed by atoms with Gasteiger partial charge in [-0.15, -0.1) is 0 Å². The molecule has 0 spiro atoms. The number of ether oxygens (including phenoxy) is 3. The minimum atomic E-state index is -0.512. The van der Waals surface area contributed by atoms with E-state index in [0.717, 1.165) is 0 Å². The van der Waals surface area contributed by atoms with E-state index in [9.17, 15) is 10.1 Å². The van der Waals surface area contributed by atoms with Crippen LogP contribution in [0.3, 0.4) is 0 Å². The highest BCUT2D eigenvalue weighted by Crippen LogP contribution is 2.32. The highest BCUT2D eigenvalue weighted by atomic mass is 16.5. The summed E-state index contributed by atoms with van der Waals surface area (Å²) in [6.07, 6.45) is 1.47. The fourth-order valence-electron chi connectivity index (χ4n) is 2.31. The molecule has 0 fully saturated rings. The quantitative estimate of drug-likeness (QED) is 0.608. The number of para-hydroxylation sites is 1. The average Bonchev–Trinajstić information content (AvgIpc) is 2.67. The molecule has 0 radical (unpaired) electrons. The summed E-state index contributed by atoms with van der Waals surface area (Å²) < 4.78 is 16.0. The number of rotatable bonds is 7. The third-order valence-corrected chi connectivity index (χ3v) is 3.53. The third kappa shape index (κ3) is 4.54. The van der Waals surface area contributed by atoms with Crippen LogP contribution in [-0.2, 0) is 4.79 Å². The smallest absolute Gasteiger partial charge is 0.266 e. The summed E-state index contributed by atoms with van der Waals surface area (Å²) in [7, 11) is 3.08. The lowest BCUT2D eigenvalue weighted by Crippen LogP contribution is -2.13. The van der Waals surface area contributed by atoms with Gasteiger partial charge in [-0.1, -0.05) is 12.1 Å². The van der Waals surface area contributed by atoms with Crippen molar-refractivity contribution in [2.24, 2.45) is 0 Å². The van der Waals surface area contributed by atoms with Gasteiger partial charge in [0, 0.05) is 11.3 Å². The molecular formula is C20H20N2O4. The zero-order valence-corrected chi connectivity index (χ0v) is 14.9. The first-order chi connectivity index (χ1) is 12.6. The molecule has 2 rings (SSSR count). The van der Waals surface area contributed by atoms with Crippen molar-refractivity contribution in [1.82, 2.24) is 0 Å². The molecule has 0 saturated carbocycles. The summed E-state index contributed by atoms with van der Waals surface area (Å²) in [5.41, 5.74) is 1.10. The molecule has 1 amide bonds. The maximum absolute atomic E-state index is 12.4. The first kappa shape index (κ1) is 18.9. The van der Waals surface area contributed by atoms with Crippen molar-refractivity contribution in [2.45, 2.75) is 6.92 Å². The van der Waals surface area contributed by atoms with Gasteiger partial charge in [-0.3, -0.25) is 4.79 Å². The van der Waals surface area contributed by atoms with Crippen molar-refractivity contribution in [3.63, 3.8) is 0 Å². The Morgan fingerprint density at radius 2 is 1.88 bits per heavy atom. The standard InChI is InChI=1S/C20H20N2O4/c1-4-26-18-7-5-6-14(19(18)25-3)12-15(13-21)20(23)22-16-8-10-17(24-2)11-9-16/h5-12H,4H2,1-3H3,(H,22,23)/b15-12+. The van der Waals surface area contributed by atoms with Crippen LogP contribution in [-0.4, -0.2) is 26.7 Å². The minimum absolute atomic E-state index is 0.0484. The van der Waals surface area contributed by atoms with Gasteiger partial charge in [0.1, 0.15) is 17.4 Å². The molecule has 0 bridgehead atoms. The van der Waals surface area contributed by atoms with Crippen LogP contribution < -0.4 is 19.5 Å². The number of carbonyl (C=O) groups excluding carboxylic acids is 1. The fourth-order valence-corrected chi connectivity index (χ4v) is 2.31. The van der Waals surface area contributed by atoms with Gasteiger partial charge in [0.05, 0.1) is 20.8 Å². The number of nitriles is 1. The summed E-state index contributed by atoms with van der Waals surface area (Å²) in [6, 6.07) is 14.1. The second-order valence-corrected chi connectivity index (χ2v) is 5.16. The topological polar surface area (TPSA) is 80.6 Å². The van der Waals surface area contributed by atoms with Crippen LogP contribution in [0.15, 0.2) is 48.0 Å². The maximum Gasteiger partial charge on any atom is 0.266 e. The molecule has 6 heteroatoms. The Morgan fingerprint density at radius 1 is 1.15 bits per heavy atom. The van der Waals surface area contributed by atoms with E-state index < -0.39 is 5.91 Å². The fraction of sp³-hybridized carbons (Fsp3) is 0.200. The SMILES string of the molecule is CCOc1cccc(/C=C(\C#N)C(=O)Nc2ccc(OC)cc2)c1OC. The number of carbonyl (C=O) groups is 1. The van der Waals surface area contributed by atoms with E-state index in [2.05, 4.69) is 5.32 Å². The number of hydrogen-bond donors (Lipinski definition) is 1. The predicted octanol–water partition coefficient (Wildman–Crippen LogP) is 3.65. The number of anilines is 1. The van der Waals surface area contributed by atoms with Gasteiger partial charge in [0.15, 0.2) is 11.5 Å². The van der Waals surface area contributed by atoms with E-state index in [1.54, 1.807) is 49.6 Å². The highest BCUT2D eigenvalue weighted by molar-refractivity contribution is 6.09. The predicted molar refractivity (Wildman–Crippen MR) is 99.4 cm³/mol. The Bertz CT molecular complexity index is 836. The number of methoxy groups -OCH3 is 2. The first-order valence-corrected chi connectivity index (χ1v) is 8.00. The van der Waals surface area contributed by atoms with E-state index in [4.69, 9.17) is 14.2 Å². The Hall–Kier alpha value is -3.46. The van der Waals surface area contributed by atoms with Gasteiger partial charge in [-0.2, -0.15) is 5.26 Å². The Balaban J connectivity index is 2.28. The number of benzene rings is 2. The molecule has 0 saturated heterocycles. The summed E-state index contributed by atoms with van der Waals surface area (Å²) in [6.45, 7) is 2.34. The van der Waals surface area contributed by atoms with Crippen molar-refractivity contribution in [3.05, 3.63) is 53.6 Å². The molecule has 0 aliphatic rings. The lowest BCUT2D eigenvalue weighted by molar-refractivity contribution is -0.112. The molecule has 26 heavy (non-hydrogen) atoms. The van der Waals surface area contributed by atoms with Crippen molar-refractivity contribution >= 4 is 17.7 Å². The van der Waals surface area contributed by atoms with Crippen molar-refractivity contribution in [3.8, 4) is 23.3 Å². The molecule has 0 heterocycles. The first-order valence-electron chi connectivity index (χ1n) is 8.00. The van der Waals surface area contributed by atoms with E-state index in [0.29, 0.717) is 35.1 Å². The number of hydrogen-bond acceptors (Lipinski definition) is 5. The Labute approximate surface area is 152 Å². The van der Waals surface area contributed by atoms with E-state index in [1.165, 1.54) is 13.2 Å². The normalized spacial score (nSPS) is 10.6. The second kappa shape index (κ2) is 9.14. The molecule has 0 atom stereocenters. The molecular weight excluding hydrogens is 332 g/mol. The average molecular weight is 352 g/mol. The third-order valence-electron chi connectivity index (χ3n) is 3.53. The molecule has 1 N–H and O–H groups in total. The zero-order chi connectivity index (χ0) is 18.9. The second-order valence-electron chi connectivity index (χ2n) is 5.16. The molecule has 0 unspecified atom stereocenters. The molecule has 134 valence electrons. The summed E-state index contributed by atoms with van der Waals surface area (Å²) in [5, 5.41) is 12.1. The lowest BCUT2D eigenvalue weighted by atomic mass is 10.1. The van der Waals surface area contributed by atoms with Crippen molar-refractivity contribution in [2.75, 3.05) is 26.1 Å². The molecule has 2 aromatic carbocycles. The number of nitrogens with one attached hydrogen (secondary N) is 1. The van der Waals surface area contributed by atoms with Crippen molar-refractivity contribution < 1.29 is 19.0 Å². The van der Waals surface area contributed by atoms with E-state index >= 15 is 0 Å². The molecule has 6 nitrogen and oxygen atoms in total. The van der Waals surface area contributed by atoms with Gasteiger partial charge in [0.25, 0.3) is 5.91 Å². The van der Waals surface area contributed by atoms with Crippen LogP contribution >= 0.6 is 0 Å². The zero-order valence-electron chi connectivity index (χ0n) is 14.9. The Morgan fingerprint density at radius 3 is 2.46 bits per heavy atom. The lowest BCUT2D eigenvalue weighted by Gasteiger charge is -2.12. The van der Waals surface area contributed by atoms with Crippen molar-refractivity contribution in [1.29, 1.82) is 5.26 Å². The summed E-state index contributed by atoms with van der Waals surface area (Å²) in [5.74, 6) is 1.19. The van der Waals surface area contributed by atoms with Gasteiger partial charge < -0.3 is 19.5 Å². The van der Waals surface area contributed by atoms with Crippen LogP contribution in [0.25, 0.3) is 6.08 Å². The summed E-state index contributed by atoms with van der Waals surface area (Å²) in [4.78, 5) is 12.4.